The van der Waals surface area contributed by atoms with Crippen LogP contribution in [-0.2, 0) is 0 Å². The Morgan fingerprint density at radius 1 is 1.77 bits per heavy atom. The van der Waals surface area contributed by atoms with Crippen molar-refractivity contribution in [2.75, 3.05) is 5.73 Å². The van der Waals surface area contributed by atoms with Gasteiger partial charge in [-0.1, -0.05) is 6.08 Å². The van der Waals surface area contributed by atoms with Gasteiger partial charge in [0.05, 0.1) is 11.8 Å². The average Bonchev–Trinajstić information content (AvgIpc) is 2.52. The molecule has 0 saturated heterocycles. The fourth-order valence-corrected chi connectivity index (χ4v) is 1.06. The van der Waals surface area contributed by atoms with Crippen LogP contribution in [0.3, 0.4) is 0 Å². The van der Waals surface area contributed by atoms with E-state index in [9.17, 15) is 4.79 Å². The Labute approximate surface area is 76.8 Å². The monoisotopic (exact) mass is 179 g/mol. The number of rotatable bonds is 5. The number of carbonyl (C=O) groups excluding carboxylic acids is 1. The van der Waals surface area contributed by atoms with Gasteiger partial charge in [0.1, 0.15) is 5.82 Å². The molecule has 1 aromatic heterocycles. The minimum Gasteiger partial charge on any atom is -0.383 e. The molecule has 0 amide bonds. The molecule has 0 radical (unpaired) electrons. The SMILES string of the molecule is C=CCCCC(=O)c1cn[nH]c1N. The third-order valence-corrected chi connectivity index (χ3v) is 1.78. The number of allylic oxidation sites excluding steroid dienone is 1. The van der Waals surface area contributed by atoms with Crippen molar-refractivity contribution in [3.63, 3.8) is 0 Å². The Bertz CT molecular complexity index is 304. The van der Waals surface area contributed by atoms with E-state index >= 15 is 0 Å². The molecule has 4 heteroatoms. The van der Waals surface area contributed by atoms with E-state index in [1.165, 1.54) is 6.20 Å². The highest BCUT2D eigenvalue weighted by molar-refractivity contribution is 5.99. The van der Waals surface area contributed by atoms with E-state index in [4.69, 9.17) is 5.73 Å². The molecule has 1 aromatic rings. The van der Waals surface area contributed by atoms with E-state index in [1.54, 1.807) is 6.08 Å². The van der Waals surface area contributed by atoms with Gasteiger partial charge in [0.15, 0.2) is 5.78 Å². The maximum Gasteiger partial charge on any atom is 0.168 e. The Kier molecular flexibility index (Phi) is 3.25. The number of carbonyl (C=O) groups is 1. The minimum absolute atomic E-state index is 0.0353. The first-order chi connectivity index (χ1) is 6.25. The zero-order valence-electron chi connectivity index (χ0n) is 7.42. The molecule has 70 valence electrons. The summed E-state index contributed by atoms with van der Waals surface area (Å²) in [4.78, 5) is 11.4. The topological polar surface area (TPSA) is 71.8 Å². The van der Waals surface area contributed by atoms with Crippen LogP contribution < -0.4 is 5.73 Å². The van der Waals surface area contributed by atoms with Gasteiger partial charge in [-0.2, -0.15) is 5.10 Å². The van der Waals surface area contributed by atoms with E-state index in [-0.39, 0.29) is 5.78 Å². The molecular formula is C9H13N3O. The van der Waals surface area contributed by atoms with Crippen molar-refractivity contribution in [3.05, 3.63) is 24.4 Å². The van der Waals surface area contributed by atoms with Crippen LogP contribution in [0.1, 0.15) is 29.6 Å². The highest BCUT2D eigenvalue weighted by Crippen LogP contribution is 2.11. The predicted molar refractivity (Wildman–Crippen MR) is 51.4 cm³/mol. The molecule has 0 bridgehead atoms. The number of nitrogens with zero attached hydrogens (tertiary/aromatic N) is 1. The van der Waals surface area contributed by atoms with Crippen molar-refractivity contribution in [1.29, 1.82) is 0 Å². The lowest BCUT2D eigenvalue weighted by Gasteiger charge is -1.96. The number of nitrogens with two attached hydrogens (primary N) is 1. The van der Waals surface area contributed by atoms with Crippen LogP contribution in [0.25, 0.3) is 0 Å². The molecule has 1 rings (SSSR count). The van der Waals surface area contributed by atoms with E-state index in [1.807, 2.05) is 0 Å². The van der Waals surface area contributed by atoms with E-state index < -0.39 is 0 Å². The van der Waals surface area contributed by atoms with Crippen LogP contribution in [0.5, 0.6) is 0 Å². The number of nitrogen functional groups attached to an aromatic ring is 1. The molecule has 0 spiro atoms. The average molecular weight is 179 g/mol. The number of ketones is 1. The molecule has 0 atom stereocenters. The van der Waals surface area contributed by atoms with Crippen LogP contribution in [0.15, 0.2) is 18.9 Å². The van der Waals surface area contributed by atoms with Gasteiger partial charge in [0.2, 0.25) is 0 Å². The number of Topliss-reactive ketones (excluding diaryl/α,β-unsaturated/α-hetero) is 1. The van der Waals surface area contributed by atoms with Crippen molar-refractivity contribution < 1.29 is 4.79 Å². The summed E-state index contributed by atoms with van der Waals surface area (Å²) >= 11 is 0. The maximum atomic E-state index is 11.4. The van der Waals surface area contributed by atoms with E-state index in [2.05, 4.69) is 16.8 Å². The van der Waals surface area contributed by atoms with Crippen LogP contribution in [-0.4, -0.2) is 16.0 Å². The van der Waals surface area contributed by atoms with Crippen molar-refractivity contribution >= 4 is 11.6 Å². The Morgan fingerprint density at radius 3 is 3.08 bits per heavy atom. The molecule has 0 aromatic carbocycles. The molecule has 0 saturated carbocycles. The van der Waals surface area contributed by atoms with Crippen molar-refractivity contribution in [2.24, 2.45) is 0 Å². The van der Waals surface area contributed by atoms with Crippen molar-refractivity contribution in [1.82, 2.24) is 10.2 Å². The molecule has 0 aliphatic carbocycles. The zero-order chi connectivity index (χ0) is 9.68. The number of anilines is 1. The molecule has 3 N–H and O–H groups in total. The van der Waals surface area contributed by atoms with Crippen LogP contribution in [0.4, 0.5) is 5.82 Å². The summed E-state index contributed by atoms with van der Waals surface area (Å²) in [6, 6.07) is 0. The molecular weight excluding hydrogens is 166 g/mol. The van der Waals surface area contributed by atoms with Gasteiger partial charge in [-0.15, -0.1) is 6.58 Å². The third kappa shape index (κ3) is 2.43. The third-order valence-electron chi connectivity index (χ3n) is 1.78. The van der Waals surface area contributed by atoms with Gasteiger partial charge >= 0.3 is 0 Å². The number of hydrogen-bond donors (Lipinski definition) is 2. The lowest BCUT2D eigenvalue weighted by molar-refractivity contribution is 0.0981. The predicted octanol–water partition coefficient (Wildman–Crippen LogP) is 1.53. The number of aromatic amines is 1. The Hall–Kier alpha value is -1.58. The summed E-state index contributed by atoms with van der Waals surface area (Å²) in [5.41, 5.74) is 5.98. The van der Waals surface area contributed by atoms with E-state index in [0.29, 0.717) is 17.8 Å². The van der Waals surface area contributed by atoms with Gasteiger partial charge < -0.3 is 5.73 Å². The van der Waals surface area contributed by atoms with Gasteiger partial charge in [-0.05, 0) is 12.8 Å². The standard InChI is InChI=1S/C9H13N3O/c1-2-3-4-5-8(13)7-6-11-12-9(7)10/h2,6H,1,3-5H2,(H3,10,11,12). The summed E-state index contributed by atoms with van der Waals surface area (Å²) in [5, 5.41) is 6.21. The summed E-state index contributed by atoms with van der Waals surface area (Å²) < 4.78 is 0. The van der Waals surface area contributed by atoms with E-state index in [0.717, 1.165) is 12.8 Å². The first-order valence-electron chi connectivity index (χ1n) is 4.18. The number of unbranched alkanes of at least 4 members (excludes halogenated alkanes) is 1. The minimum atomic E-state index is 0.0353. The normalized spacial score (nSPS) is 9.85. The number of aromatic nitrogens is 2. The zero-order valence-corrected chi connectivity index (χ0v) is 7.42. The number of nitrogens with one attached hydrogen (secondary N) is 1. The fourth-order valence-electron chi connectivity index (χ4n) is 1.06. The number of H-pyrrole nitrogens is 1. The second kappa shape index (κ2) is 4.45. The fraction of sp³-hybridized carbons (Fsp3) is 0.333. The second-order valence-electron chi connectivity index (χ2n) is 2.80. The van der Waals surface area contributed by atoms with Gasteiger partial charge in [0, 0.05) is 6.42 Å². The molecule has 0 aliphatic heterocycles. The Morgan fingerprint density at radius 2 is 2.54 bits per heavy atom. The molecule has 13 heavy (non-hydrogen) atoms. The van der Waals surface area contributed by atoms with Crippen LogP contribution >= 0.6 is 0 Å². The summed E-state index contributed by atoms with van der Waals surface area (Å²) in [6.07, 6.45) is 5.42. The summed E-state index contributed by atoms with van der Waals surface area (Å²) in [7, 11) is 0. The van der Waals surface area contributed by atoms with Gasteiger partial charge in [0.25, 0.3) is 0 Å². The summed E-state index contributed by atoms with van der Waals surface area (Å²) in [5.74, 6) is 0.386. The first kappa shape index (κ1) is 9.51. The van der Waals surface area contributed by atoms with Crippen molar-refractivity contribution in [2.45, 2.75) is 19.3 Å². The smallest absolute Gasteiger partial charge is 0.168 e. The lowest BCUT2D eigenvalue weighted by atomic mass is 10.1. The maximum absolute atomic E-state index is 11.4. The van der Waals surface area contributed by atoms with Gasteiger partial charge in [-0.25, -0.2) is 0 Å². The molecule has 0 fully saturated rings. The molecule has 0 aliphatic rings. The second-order valence-corrected chi connectivity index (χ2v) is 2.80. The molecule has 4 nitrogen and oxygen atoms in total. The Balaban J connectivity index is 2.49. The molecule has 0 unspecified atom stereocenters. The van der Waals surface area contributed by atoms with Crippen LogP contribution in [0.2, 0.25) is 0 Å². The highest BCUT2D eigenvalue weighted by atomic mass is 16.1. The quantitative estimate of drug-likeness (QED) is 0.409. The lowest BCUT2D eigenvalue weighted by Crippen LogP contribution is -2.01. The van der Waals surface area contributed by atoms with Crippen LogP contribution in [0, 0.1) is 0 Å². The summed E-state index contributed by atoms with van der Waals surface area (Å²) in [6.45, 7) is 3.58. The van der Waals surface area contributed by atoms with Gasteiger partial charge in [-0.3, -0.25) is 9.89 Å². The molecule has 1 heterocycles. The van der Waals surface area contributed by atoms with Crippen molar-refractivity contribution in [3.8, 4) is 0 Å². The first-order valence-corrected chi connectivity index (χ1v) is 4.18. The largest absolute Gasteiger partial charge is 0.383 e. The number of hydrogen-bond acceptors (Lipinski definition) is 3. The highest BCUT2D eigenvalue weighted by Gasteiger charge is 2.10.